The molecule has 1 aliphatic rings. The van der Waals surface area contributed by atoms with Crippen LogP contribution in [0.4, 0.5) is 0 Å². The summed E-state index contributed by atoms with van der Waals surface area (Å²) in [5, 5.41) is 0.827. The number of carbonyl (C=O) groups excluding carboxylic acids is 1. The summed E-state index contributed by atoms with van der Waals surface area (Å²) in [5.74, 6) is 0.635. The van der Waals surface area contributed by atoms with E-state index in [9.17, 15) is 13.2 Å². The normalized spacial score (nSPS) is 15.6. The fourth-order valence-corrected chi connectivity index (χ4v) is 5.51. The zero-order chi connectivity index (χ0) is 22.0. The maximum atomic E-state index is 13.2. The molecule has 9 heteroatoms. The number of aromatic amines is 1. The van der Waals surface area contributed by atoms with Crippen LogP contribution in [0, 0.1) is 0 Å². The first-order chi connectivity index (χ1) is 14.8. The number of hydrogen-bond donors (Lipinski definition) is 1. The molecule has 2 heterocycles. The van der Waals surface area contributed by atoms with Gasteiger partial charge in [-0.3, -0.25) is 4.79 Å². The largest absolute Gasteiger partial charge is 0.339 e. The Morgan fingerprint density at radius 3 is 2.55 bits per heavy atom. The first-order valence-corrected chi connectivity index (χ1v) is 13.0. The van der Waals surface area contributed by atoms with Crippen molar-refractivity contribution in [1.82, 2.24) is 19.2 Å². The second kappa shape index (κ2) is 9.02. The molecule has 1 N–H and O–H groups in total. The van der Waals surface area contributed by atoms with E-state index in [4.69, 9.17) is 0 Å². The monoisotopic (exact) mass is 458 g/mol. The van der Waals surface area contributed by atoms with E-state index in [2.05, 4.69) is 9.97 Å². The van der Waals surface area contributed by atoms with Gasteiger partial charge in [0.1, 0.15) is 0 Å². The van der Waals surface area contributed by atoms with Crippen molar-refractivity contribution in [2.24, 2.45) is 0 Å². The molecule has 164 valence electrons. The molecule has 1 aromatic heterocycles. The van der Waals surface area contributed by atoms with Gasteiger partial charge in [-0.05, 0) is 36.6 Å². The zero-order valence-corrected chi connectivity index (χ0v) is 19.2. The van der Waals surface area contributed by atoms with Crippen LogP contribution in [0.15, 0.2) is 53.7 Å². The predicted molar refractivity (Wildman–Crippen MR) is 124 cm³/mol. The summed E-state index contributed by atoms with van der Waals surface area (Å²) >= 11 is 1.57. The number of para-hydroxylation sites is 2. The molecule has 7 nitrogen and oxygen atoms in total. The van der Waals surface area contributed by atoms with Crippen LogP contribution in [0.3, 0.4) is 0 Å². The number of fused-ring (bicyclic) bond motifs is 1. The Morgan fingerprint density at radius 2 is 1.84 bits per heavy atom. The van der Waals surface area contributed by atoms with Crippen LogP contribution in [0.1, 0.15) is 28.8 Å². The van der Waals surface area contributed by atoms with Crippen molar-refractivity contribution in [2.75, 3.05) is 26.4 Å². The molecule has 1 saturated heterocycles. The van der Waals surface area contributed by atoms with Gasteiger partial charge in [-0.2, -0.15) is 0 Å². The number of imidazole rings is 1. The van der Waals surface area contributed by atoms with Gasteiger partial charge in [0.05, 0.1) is 17.3 Å². The molecule has 3 aromatic rings. The molecule has 1 fully saturated rings. The number of aromatic nitrogens is 2. The topological polar surface area (TPSA) is 86.4 Å². The fourth-order valence-electron chi connectivity index (χ4n) is 3.87. The number of carbonyl (C=O) groups is 1. The Kier molecular flexibility index (Phi) is 6.36. The summed E-state index contributed by atoms with van der Waals surface area (Å²) in [6.45, 7) is 1.10. The van der Waals surface area contributed by atoms with Gasteiger partial charge in [-0.1, -0.05) is 42.1 Å². The van der Waals surface area contributed by atoms with Gasteiger partial charge >= 0.3 is 0 Å². The van der Waals surface area contributed by atoms with Gasteiger partial charge in [0.25, 0.3) is 5.91 Å². The van der Waals surface area contributed by atoms with Crippen LogP contribution in [-0.4, -0.2) is 65.9 Å². The molecule has 0 atom stereocenters. The third-order valence-electron chi connectivity index (χ3n) is 5.77. The summed E-state index contributed by atoms with van der Waals surface area (Å²) in [7, 11) is -1.61. The van der Waals surface area contributed by atoms with Gasteiger partial charge in [-0.15, -0.1) is 0 Å². The molecule has 31 heavy (non-hydrogen) atoms. The van der Waals surface area contributed by atoms with E-state index < -0.39 is 10.0 Å². The Balaban J connectivity index is 1.42. The van der Waals surface area contributed by atoms with E-state index in [-0.39, 0.29) is 11.9 Å². The minimum Gasteiger partial charge on any atom is -0.339 e. The Hall–Kier alpha value is -2.36. The Morgan fingerprint density at radius 1 is 1.16 bits per heavy atom. The quantitative estimate of drug-likeness (QED) is 0.573. The third-order valence-corrected chi connectivity index (χ3v) is 8.04. The number of rotatable bonds is 6. The van der Waals surface area contributed by atoms with Gasteiger partial charge in [0, 0.05) is 37.5 Å². The van der Waals surface area contributed by atoms with Crippen molar-refractivity contribution < 1.29 is 13.2 Å². The highest BCUT2D eigenvalue weighted by Crippen LogP contribution is 2.26. The first-order valence-electron chi connectivity index (χ1n) is 10.2. The van der Waals surface area contributed by atoms with Crippen LogP contribution < -0.4 is 0 Å². The van der Waals surface area contributed by atoms with Crippen molar-refractivity contribution in [3.05, 3.63) is 59.7 Å². The van der Waals surface area contributed by atoms with Gasteiger partial charge < -0.3 is 9.88 Å². The highest BCUT2D eigenvalue weighted by atomic mass is 32.2. The molecular formula is C22H26N4O3S2. The molecule has 2 aromatic carbocycles. The molecular weight excluding hydrogens is 432 g/mol. The number of nitrogens with one attached hydrogen (secondary N) is 1. The van der Waals surface area contributed by atoms with E-state index in [1.165, 1.54) is 10.6 Å². The van der Waals surface area contributed by atoms with Crippen molar-refractivity contribution in [2.45, 2.75) is 29.8 Å². The predicted octanol–water partition coefficient (Wildman–Crippen LogP) is 3.35. The zero-order valence-electron chi connectivity index (χ0n) is 17.6. The number of sulfonamides is 1. The minimum absolute atomic E-state index is 0.00117. The Labute approximate surface area is 186 Å². The van der Waals surface area contributed by atoms with Crippen molar-refractivity contribution in [3.63, 3.8) is 0 Å². The molecule has 0 unspecified atom stereocenters. The number of benzene rings is 2. The average Bonchev–Trinajstić information content (AvgIpc) is 3.19. The lowest BCUT2D eigenvalue weighted by atomic mass is 10.0. The van der Waals surface area contributed by atoms with Crippen LogP contribution >= 0.6 is 11.8 Å². The van der Waals surface area contributed by atoms with Crippen molar-refractivity contribution in [1.29, 1.82) is 0 Å². The maximum Gasteiger partial charge on any atom is 0.254 e. The highest BCUT2D eigenvalue weighted by molar-refractivity contribution is 7.98. The summed E-state index contributed by atoms with van der Waals surface area (Å²) in [6.07, 6.45) is 2.51. The van der Waals surface area contributed by atoms with Crippen molar-refractivity contribution >= 4 is 38.7 Å². The van der Waals surface area contributed by atoms with E-state index in [1.807, 2.05) is 53.4 Å². The molecule has 0 saturated carbocycles. The summed E-state index contributed by atoms with van der Waals surface area (Å²) in [5.41, 5.74) is 3.59. The number of thioether (sulfide) groups is 1. The van der Waals surface area contributed by atoms with E-state index in [0.717, 1.165) is 21.8 Å². The number of piperidine rings is 1. The smallest absolute Gasteiger partial charge is 0.254 e. The molecule has 0 spiro atoms. The average molecular weight is 459 g/mol. The van der Waals surface area contributed by atoms with Crippen LogP contribution in [0.5, 0.6) is 0 Å². The van der Waals surface area contributed by atoms with E-state index >= 15 is 0 Å². The van der Waals surface area contributed by atoms with E-state index in [1.54, 1.807) is 18.8 Å². The summed E-state index contributed by atoms with van der Waals surface area (Å²) in [4.78, 5) is 22.9. The van der Waals surface area contributed by atoms with Crippen LogP contribution in [0.25, 0.3) is 11.0 Å². The lowest BCUT2D eigenvalue weighted by Crippen LogP contribution is -2.47. The van der Waals surface area contributed by atoms with Gasteiger partial charge in [0.2, 0.25) is 10.0 Å². The van der Waals surface area contributed by atoms with Gasteiger partial charge in [0.15, 0.2) is 5.16 Å². The second-order valence-electron chi connectivity index (χ2n) is 7.81. The maximum absolute atomic E-state index is 13.2. The molecule has 0 aliphatic carbocycles. The van der Waals surface area contributed by atoms with Gasteiger partial charge in [-0.25, -0.2) is 17.7 Å². The second-order valence-corrected chi connectivity index (χ2v) is 10.8. The van der Waals surface area contributed by atoms with Crippen LogP contribution in [-0.2, 0) is 15.8 Å². The molecule has 4 rings (SSSR count). The van der Waals surface area contributed by atoms with E-state index in [0.29, 0.717) is 37.2 Å². The summed E-state index contributed by atoms with van der Waals surface area (Å²) < 4.78 is 25.0. The summed E-state index contributed by atoms with van der Waals surface area (Å²) in [6, 6.07) is 15.5. The molecule has 0 radical (unpaired) electrons. The van der Waals surface area contributed by atoms with Crippen LogP contribution in [0.2, 0.25) is 0 Å². The first kappa shape index (κ1) is 21.9. The third kappa shape index (κ3) is 4.94. The molecule has 1 aliphatic heterocycles. The number of likely N-dealkylation sites (tertiary alicyclic amines) is 1. The fraction of sp³-hybridized carbons (Fsp3) is 0.364. The highest BCUT2D eigenvalue weighted by Gasteiger charge is 2.30. The van der Waals surface area contributed by atoms with Crippen molar-refractivity contribution in [3.8, 4) is 0 Å². The number of H-pyrrole nitrogens is 1. The standard InChI is InChI=1S/C22H26N4O3S2/c1-25(31(2,28)29)17-11-13-26(14-12-17)21(27)18-8-4-3-7-16(18)15-30-22-23-19-9-5-6-10-20(19)24-22/h3-10,17H,11-15H2,1-2H3,(H,23,24). The SMILES string of the molecule is CN(C1CCN(C(=O)c2ccccc2CSc2nc3ccccc3[nH]2)CC1)S(C)(=O)=O. The lowest BCUT2D eigenvalue weighted by molar-refractivity contribution is 0.0685. The minimum atomic E-state index is -3.22. The number of nitrogens with zero attached hydrogens (tertiary/aromatic N) is 3. The Bertz CT molecular complexity index is 1150. The molecule has 1 amide bonds. The lowest BCUT2D eigenvalue weighted by Gasteiger charge is -2.36. The number of amides is 1. The molecule has 0 bridgehead atoms. The number of hydrogen-bond acceptors (Lipinski definition) is 5.